The third-order valence-corrected chi connectivity index (χ3v) is 4.53. The molecule has 1 N–H and O–H groups in total. The molecule has 3 atom stereocenters. The third-order valence-electron chi connectivity index (χ3n) is 4.04. The predicted octanol–water partition coefficient (Wildman–Crippen LogP) is 3.82. The summed E-state index contributed by atoms with van der Waals surface area (Å²) in [5.41, 5.74) is 0.811. The Labute approximate surface area is 110 Å². The van der Waals surface area contributed by atoms with Gasteiger partial charge in [0, 0.05) is 16.5 Å². The second-order valence-corrected chi connectivity index (χ2v) is 6.45. The SMILES string of the molecule is CC1CCC2(C1)C[C@@H](O)c1ccc(Br)cc1O2. The van der Waals surface area contributed by atoms with Crippen LogP contribution in [0.25, 0.3) is 0 Å². The van der Waals surface area contributed by atoms with E-state index in [1.807, 2.05) is 18.2 Å². The van der Waals surface area contributed by atoms with Crippen molar-refractivity contribution in [1.29, 1.82) is 0 Å². The van der Waals surface area contributed by atoms with Crippen molar-refractivity contribution in [3.8, 4) is 5.75 Å². The van der Waals surface area contributed by atoms with Crippen molar-refractivity contribution in [2.45, 2.75) is 44.3 Å². The highest BCUT2D eigenvalue weighted by Crippen LogP contribution is 2.49. The number of rotatable bonds is 0. The zero-order valence-corrected chi connectivity index (χ0v) is 11.5. The van der Waals surface area contributed by atoms with Crippen molar-refractivity contribution in [2.75, 3.05) is 0 Å². The van der Waals surface area contributed by atoms with Crippen LogP contribution in [0.4, 0.5) is 0 Å². The molecule has 92 valence electrons. The van der Waals surface area contributed by atoms with E-state index in [1.54, 1.807) is 0 Å². The van der Waals surface area contributed by atoms with Crippen LogP contribution < -0.4 is 4.74 Å². The summed E-state index contributed by atoms with van der Waals surface area (Å²) in [7, 11) is 0. The lowest BCUT2D eigenvalue weighted by Gasteiger charge is -2.38. The summed E-state index contributed by atoms with van der Waals surface area (Å²) in [5, 5.41) is 10.3. The monoisotopic (exact) mass is 296 g/mol. The number of aliphatic hydroxyl groups is 1. The zero-order valence-electron chi connectivity index (χ0n) is 9.95. The Hall–Kier alpha value is -0.540. The zero-order chi connectivity index (χ0) is 12.0. The molecule has 1 aliphatic heterocycles. The first-order chi connectivity index (χ1) is 8.08. The fourth-order valence-corrected chi connectivity index (χ4v) is 3.58. The Bertz CT molecular complexity index is 446. The number of fused-ring (bicyclic) bond motifs is 1. The fourth-order valence-electron chi connectivity index (χ4n) is 3.24. The first kappa shape index (κ1) is 11.5. The van der Waals surface area contributed by atoms with Gasteiger partial charge in [-0.25, -0.2) is 0 Å². The van der Waals surface area contributed by atoms with E-state index in [0.29, 0.717) is 5.92 Å². The van der Waals surface area contributed by atoms with Crippen molar-refractivity contribution in [3.05, 3.63) is 28.2 Å². The van der Waals surface area contributed by atoms with Crippen LogP contribution >= 0.6 is 15.9 Å². The molecule has 2 nitrogen and oxygen atoms in total. The molecule has 0 aromatic heterocycles. The van der Waals surface area contributed by atoms with Crippen molar-refractivity contribution >= 4 is 15.9 Å². The molecule has 1 heterocycles. The lowest BCUT2D eigenvalue weighted by atomic mass is 9.87. The van der Waals surface area contributed by atoms with Gasteiger partial charge in [0.05, 0.1) is 6.10 Å². The summed E-state index contributed by atoms with van der Waals surface area (Å²) in [6.07, 6.45) is 3.70. The van der Waals surface area contributed by atoms with Gasteiger partial charge < -0.3 is 9.84 Å². The largest absolute Gasteiger partial charge is 0.487 e. The maximum atomic E-state index is 10.3. The molecule has 1 spiro atoms. The number of ether oxygens (including phenoxy) is 1. The van der Waals surface area contributed by atoms with E-state index in [1.165, 1.54) is 6.42 Å². The number of benzene rings is 1. The Balaban J connectivity index is 1.97. The molecule has 2 unspecified atom stereocenters. The van der Waals surface area contributed by atoms with Gasteiger partial charge in [0.1, 0.15) is 11.4 Å². The minimum atomic E-state index is -0.378. The van der Waals surface area contributed by atoms with Gasteiger partial charge in [0.2, 0.25) is 0 Å². The highest BCUT2D eigenvalue weighted by atomic mass is 79.9. The first-order valence-electron chi connectivity index (χ1n) is 6.24. The normalized spacial score (nSPS) is 35.7. The summed E-state index contributed by atoms with van der Waals surface area (Å²) < 4.78 is 7.22. The highest BCUT2D eigenvalue weighted by molar-refractivity contribution is 9.10. The Morgan fingerprint density at radius 2 is 2.24 bits per heavy atom. The van der Waals surface area contributed by atoms with E-state index < -0.39 is 0 Å². The lowest BCUT2D eigenvalue weighted by molar-refractivity contribution is -0.0116. The summed E-state index contributed by atoms with van der Waals surface area (Å²) in [4.78, 5) is 0. The third kappa shape index (κ3) is 2.00. The van der Waals surface area contributed by atoms with E-state index in [2.05, 4.69) is 22.9 Å². The van der Waals surface area contributed by atoms with Gasteiger partial charge in [0.15, 0.2) is 0 Å². The van der Waals surface area contributed by atoms with Gasteiger partial charge in [-0.05, 0) is 37.3 Å². The van der Waals surface area contributed by atoms with Crippen LogP contribution in [0.15, 0.2) is 22.7 Å². The molecule has 1 aliphatic carbocycles. The van der Waals surface area contributed by atoms with Crippen LogP contribution in [0.3, 0.4) is 0 Å². The summed E-state index contributed by atoms with van der Waals surface area (Å²) >= 11 is 3.46. The standard InChI is InChI=1S/C14H17BrO2/c1-9-4-5-14(7-9)8-12(16)11-3-2-10(15)6-13(11)17-14/h2-3,6,9,12,16H,4-5,7-8H2,1H3/t9?,12-,14?/m1/s1. The molecule has 1 saturated carbocycles. The molecular weight excluding hydrogens is 280 g/mol. The second kappa shape index (κ2) is 3.99. The van der Waals surface area contributed by atoms with Gasteiger partial charge in [-0.15, -0.1) is 0 Å². The first-order valence-corrected chi connectivity index (χ1v) is 7.04. The molecule has 1 aromatic rings. The van der Waals surface area contributed by atoms with Crippen molar-refractivity contribution in [2.24, 2.45) is 5.92 Å². The van der Waals surface area contributed by atoms with E-state index >= 15 is 0 Å². The molecule has 3 heteroatoms. The summed E-state index contributed by atoms with van der Waals surface area (Å²) in [6, 6.07) is 5.89. The van der Waals surface area contributed by atoms with Crippen LogP contribution in [0, 0.1) is 5.92 Å². The topological polar surface area (TPSA) is 29.5 Å². The smallest absolute Gasteiger partial charge is 0.127 e. The second-order valence-electron chi connectivity index (χ2n) is 5.54. The number of hydrogen-bond donors (Lipinski definition) is 1. The van der Waals surface area contributed by atoms with Gasteiger partial charge in [0.25, 0.3) is 0 Å². The number of aliphatic hydroxyl groups excluding tert-OH is 1. The molecule has 17 heavy (non-hydrogen) atoms. The van der Waals surface area contributed by atoms with Crippen molar-refractivity contribution in [3.63, 3.8) is 0 Å². The molecule has 2 aliphatic rings. The summed E-state index contributed by atoms with van der Waals surface area (Å²) in [5.74, 6) is 1.56. The number of halogens is 1. The van der Waals surface area contributed by atoms with Crippen LogP contribution in [-0.2, 0) is 0 Å². The average molecular weight is 297 g/mol. The molecule has 0 radical (unpaired) electrons. The van der Waals surface area contributed by atoms with Crippen molar-refractivity contribution < 1.29 is 9.84 Å². The minimum Gasteiger partial charge on any atom is -0.487 e. The Morgan fingerprint density at radius 3 is 2.94 bits per heavy atom. The quantitative estimate of drug-likeness (QED) is 0.788. The average Bonchev–Trinajstić information content (AvgIpc) is 2.58. The van der Waals surface area contributed by atoms with Crippen LogP contribution in [0.2, 0.25) is 0 Å². The van der Waals surface area contributed by atoms with Gasteiger partial charge >= 0.3 is 0 Å². The lowest BCUT2D eigenvalue weighted by Crippen LogP contribution is -2.38. The number of hydrogen-bond acceptors (Lipinski definition) is 2. The Kier molecular flexibility index (Phi) is 2.71. The van der Waals surface area contributed by atoms with Crippen LogP contribution in [0.1, 0.15) is 44.3 Å². The van der Waals surface area contributed by atoms with Gasteiger partial charge in [-0.3, -0.25) is 0 Å². The maximum absolute atomic E-state index is 10.3. The molecule has 0 saturated heterocycles. The molecule has 0 amide bonds. The van der Waals surface area contributed by atoms with Crippen LogP contribution in [0.5, 0.6) is 5.75 Å². The fraction of sp³-hybridized carbons (Fsp3) is 0.571. The predicted molar refractivity (Wildman–Crippen MR) is 70.1 cm³/mol. The molecular formula is C14H17BrO2. The maximum Gasteiger partial charge on any atom is 0.127 e. The molecule has 1 aromatic carbocycles. The van der Waals surface area contributed by atoms with Gasteiger partial charge in [-0.1, -0.05) is 28.9 Å². The highest BCUT2D eigenvalue weighted by Gasteiger charge is 2.44. The van der Waals surface area contributed by atoms with E-state index in [9.17, 15) is 5.11 Å². The van der Waals surface area contributed by atoms with Crippen LogP contribution in [-0.4, -0.2) is 10.7 Å². The minimum absolute atomic E-state index is 0.118. The molecule has 1 fully saturated rings. The Morgan fingerprint density at radius 1 is 1.41 bits per heavy atom. The van der Waals surface area contributed by atoms with E-state index in [4.69, 9.17) is 4.74 Å². The van der Waals surface area contributed by atoms with Crippen molar-refractivity contribution in [1.82, 2.24) is 0 Å². The molecule has 3 rings (SSSR count). The van der Waals surface area contributed by atoms with E-state index in [0.717, 1.165) is 35.0 Å². The van der Waals surface area contributed by atoms with Gasteiger partial charge in [-0.2, -0.15) is 0 Å². The molecule has 0 bridgehead atoms. The summed E-state index contributed by atoms with van der Waals surface area (Å²) in [6.45, 7) is 2.26. The van der Waals surface area contributed by atoms with E-state index in [-0.39, 0.29) is 11.7 Å².